The first kappa shape index (κ1) is 25.5. The second-order valence-electron chi connectivity index (χ2n) is 7.36. The molecular formula is C25H34N3OPS. The normalized spacial score (nSPS) is 11.1. The molecule has 3 aromatic rings. The molecule has 6 heteroatoms. The van der Waals surface area contributed by atoms with Crippen LogP contribution >= 0.6 is 19.2 Å². The van der Waals surface area contributed by atoms with Crippen molar-refractivity contribution in [3.05, 3.63) is 91.0 Å². The van der Waals surface area contributed by atoms with E-state index in [1.54, 1.807) is 0 Å². The zero-order valence-corrected chi connectivity index (χ0v) is 19.7. The Morgan fingerprint density at radius 3 is 1.55 bits per heavy atom. The van der Waals surface area contributed by atoms with Crippen LogP contribution in [0, 0.1) is 0 Å². The summed E-state index contributed by atoms with van der Waals surface area (Å²) in [6, 6.07) is 33.5. The quantitative estimate of drug-likeness (QED) is 0.0906. The lowest BCUT2D eigenvalue weighted by Gasteiger charge is -2.27. The van der Waals surface area contributed by atoms with E-state index in [0.717, 1.165) is 12.4 Å². The highest BCUT2D eigenvalue weighted by Crippen LogP contribution is 2.55. The fourth-order valence-corrected chi connectivity index (χ4v) is 8.74. The number of hydrazine groups is 1. The molecule has 3 rings (SSSR count). The van der Waals surface area contributed by atoms with Crippen molar-refractivity contribution < 1.29 is 5.48 Å². The molecule has 0 atom stereocenters. The molecule has 0 saturated heterocycles. The van der Waals surface area contributed by atoms with Crippen molar-refractivity contribution in [2.75, 3.05) is 18.6 Å². The van der Waals surface area contributed by atoms with Gasteiger partial charge in [0.05, 0.1) is 12.0 Å². The number of unbranched alkanes of at least 4 members (excludes halogenated alkanes) is 3. The maximum atomic E-state index is 5.27. The van der Waals surface area contributed by atoms with E-state index in [1.165, 1.54) is 59.7 Å². The van der Waals surface area contributed by atoms with Crippen LogP contribution in [-0.2, 0) is 0 Å². The number of hydrogen-bond acceptors (Lipinski definition) is 5. The van der Waals surface area contributed by atoms with Crippen molar-refractivity contribution in [2.24, 2.45) is 5.84 Å². The van der Waals surface area contributed by atoms with Gasteiger partial charge in [-0.1, -0.05) is 73.0 Å². The molecule has 31 heavy (non-hydrogen) atoms. The Kier molecular flexibility index (Phi) is 11.8. The van der Waals surface area contributed by atoms with Crippen LogP contribution in [0.3, 0.4) is 0 Å². The van der Waals surface area contributed by atoms with E-state index in [4.69, 9.17) is 5.84 Å². The van der Waals surface area contributed by atoms with Gasteiger partial charge in [0, 0.05) is 0 Å². The van der Waals surface area contributed by atoms with Crippen LogP contribution in [-0.4, -0.2) is 24.1 Å². The van der Waals surface area contributed by atoms with Crippen LogP contribution in [0.25, 0.3) is 0 Å². The molecule has 0 aliphatic carbocycles. The Morgan fingerprint density at radius 2 is 1.10 bits per heavy atom. The average Bonchev–Trinajstić information content (AvgIpc) is 2.82. The molecule has 0 spiro atoms. The van der Waals surface area contributed by atoms with Crippen LogP contribution < -0.4 is 31.9 Å². The first-order chi connectivity index (χ1) is 14.9. The summed E-state index contributed by atoms with van der Waals surface area (Å²) in [7, 11) is -1.66. The summed E-state index contributed by atoms with van der Waals surface area (Å²) in [5.74, 6) is 6.12. The van der Waals surface area contributed by atoms with E-state index in [0.29, 0.717) is 0 Å². The van der Waals surface area contributed by atoms with Crippen molar-refractivity contribution >= 4 is 35.1 Å². The lowest BCUT2D eigenvalue weighted by Crippen LogP contribution is -2.33. The molecule has 0 fully saturated rings. The molecule has 0 aliphatic heterocycles. The summed E-state index contributed by atoms with van der Waals surface area (Å²) in [6.45, 7) is 1.05. The number of nitrogens with one attached hydrogen (secondary N) is 2. The highest BCUT2D eigenvalue weighted by Gasteiger charge is 2.44. The molecule has 0 radical (unpaired) electrons. The summed E-state index contributed by atoms with van der Waals surface area (Å²) < 4.78 is 0. The number of rotatable bonds is 13. The minimum atomic E-state index is -1.66. The summed E-state index contributed by atoms with van der Waals surface area (Å²) in [5.41, 5.74) is 0. The molecule has 0 bridgehead atoms. The summed E-state index contributed by atoms with van der Waals surface area (Å²) in [5, 5.41) is 7.84. The van der Waals surface area contributed by atoms with E-state index in [2.05, 4.69) is 101 Å². The smallest absolute Gasteiger partial charge is 0.112 e. The lowest BCUT2D eigenvalue weighted by molar-refractivity contribution is 0.630. The van der Waals surface area contributed by atoms with Crippen molar-refractivity contribution in [2.45, 2.75) is 25.7 Å². The van der Waals surface area contributed by atoms with E-state index in [9.17, 15) is 0 Å². The molecule has 3 aromatic carbocycles. The van der Waals surface area contributed by atoms with Crippen LogP contribution in [0.4, 0.5) is 0 Å². The third-order valence-electron chi connectivity index (χ3n) is 5.45. The maximum Gasteiger partial charge on any atom is 0.112 e. The third-order valence-corrected chi connectivity index (χ3v) is 10.5. The molecule has 0 aromatic heterocycles. The molecule has 0 amide bonds. The molecule has 5 N–H and O–H groups in total. The molecular weight excluding hydrogens is 421 g/mol. The van der Waals surface area contributed by atoms with Gasteiger partial charge < -0.3 is 10.8 Å². The second-order valence-corrected chi connectivity index (χ2v) is 11.8. The molecule has 4 nitrogen and oxygen atoms in total. The largest absolute Gasteiger partial charge is 0.870 e. The van der Waals surface area contributed by atoms with Crippen molar-refractivity contribution in [3.63, 3.8) is 0 Å². The number of hydrogen-bond donors (Lipinski definition) is 3. The zero-order valence-electron chi connectivity index (χ0n) is 18.0. The van der Waals surface area contributed by atoms with Gasteiger partial charge in [-0.25, -0.2) is 4.83 Å². The van der Waals surface area contributed by atoms with Gasteiger partial charge in [-0.15, -0.1) is 0 Å². The standard InChI is InChI=1S/C25H33N3PS.H2O/c26-28-30-22-27-20-12-1-2-13-21-29(23-14-6-3-7-15-23,24-16-8-4-9-17-24)25-18-10-5-11-19-25;/h3-11,14-19,27-28H,1-2,12-13,20-22,26H2;1H2/q+1;/p-1. The van der Waals surface area contributed by atoms with Crippen molar-refractivity contribution in [1.29, 1.82) is 0 Å². The summed E-state index contributed by atoms with van der Waals surface area (Å²) in [6.07, 6.45) is 6.18. The minimum Gasteiger partial charge on any atom is -0.870 e. The Balaban J connectivity index is 0.00000341. The zero-order chi connectivity index (χ0) is 20.9. The first-order valence-electron chi connectivity index (χ1n) is 10.7. The van der Waals surface area contributed by atoms with Crippen molar-refractivity contribution in [1.82, 2.24) is 10.1 Å². The lowest BCUT2D eigenvalue weighted by atomic mass is 10.2. The fraction of sp³-hybridized carbons (Fsp3) is 0.280. The van der Waals surface area contributed by atoms with E-state index >= 15 is 0 Å². The minimum absolute atomic E-state index is 0. The van der Waals surface area contributed by atoms with Gasteiger partial charge in [-0.3, -0.25) is 5.84 Å². The maximum absolute atomic E-state index is 5.27. The Hall–Kier alpha value is -1.72. The number of nitrogens with two attached hydrogens (primary N) is 1. The fourth-order valence-electron chi connectivity index (χ4n) is 4.00. The Bertz CT molecular complexity index is 740. The highest BCUT2D eigenvalue weighted by atomic mass is 32.2. The first-order valence-corrected chi connectivity index (χ1v) is 13.7. The monoisotopic (exact) mass is 455 g/mol. The molecule has 0 unspecified atom stereocenters. The van der Waals surface area contributed by atoms with Crippen LogP contribution in [0.1, 0.15) is 25.7 Å². The summed E-state index contributed by atoms with van der Waals surface area (Å²) >= 11 is 1.49. The van der Waals surface area contributed by atoms with Gasteiger partial charge in [0.1, 0.15) is 23.2 Å². The van der Waals surface area contributed by atoms with Gasteiger partial charge in [-0.2, -0.15) is 0 Å². The third kappa shape index (κ3) is 7.15. The molecule has 0 aliphatic rings. The van der Waals surface area contributed by atoms with Gasteiger partial charge in [-0.05, 0) is 62.2 Å². The SMILES string of the molecule is NNSCNCCCCCC[P+](c1ccccc1)(c1ccccc1)c1ccccc1.[OH-]. The van der Waals surface area contributed by atoms with Gasteiger partial charge >= 0.3 is 0 Å². The molecule has 166 valence electrons. The van der Waals surface area contributed by atoms with Crippen molar-refractivity contribution in [3.8, 4) is 0 Å². The predicted octanol–water partition coefficient (Wildman–Crippen LogP) is 4.02. The predicted molar refractivity (Wildman–Crippen MR) is 138 cm³/mol. The Labute approximate surface area is 191 Å². The van der Waals surface area contributed by atoms with Gasteiger partial charge in [0.15, 0.2) is 0 Å². The van der Waals surface area contributed by atoms with E-state index in [1.807, 2.05) is 0 Å². The second kappa shape index (κ2) is 14.4. The van der Waals surface area contributed by atoms with Crippen LogP contribution in [0.2, 0.25) is 0 Å². The number of benzene rings is 3. The summed E-state index contributed by atoms with van der Waals surface area (Å²) in [4.78, 5) is 2.60. The van der Waals surface area contributed by atoms with Gasteiger partial charge in [0.2, 0.25) is 0 Å². The highest BCUT2D eigenvalue weighted by molar-refractivity contribution is 7.97. The van der Waals surface area contributed by atoms with E-state index < -0.39 is 7.26 Å². The van der Waals surface area contributed by atoms with Crippen LogP contribution in [0.5, 0.6) is 0 Å². The van der Waals surface area contributed by atoms with Crippen LogP contribution in [0.15, 0.2) is 91.0 Å². The molecule has 0 saturated carbocycles. The molecule has 0 heterocycles. The average molecular weight is 456 g/mol. The van der Waals surface area contributed by atoms with Gasteiger partial charge in [0.25, 0.3) is 0 Å². The topological polar surface area (TPSA) is 80.1 Å². The van der Waals surface area contributed by atoms with E-state index in [-0.39, 0.29) is 5.48 Å². The Morgan fingerprint density at radius 1 is 0.645 bits per heavy atom.